The summed E-state index contributed by atoms with van der Waals surface area (Å²) in [7, 11) is 0. The van der Waals surface area contributed by atoms with Crippen molar-refractivity contribution in [3.05, 3.63) is 35.0 Å². The zero-order valence-corrected chi connectivity index (χ0v) is 10.4. The zero-order chi connectivity index (χ0) is 13.1. The van der Waals surface area contributed by atoms with Gasteiger partial charge in [0.15, 0.2) is 5.82 Å². The molecule has 0 bridgehead atoms. The first-order valence-electron chi connectivity index (χ1n) is 5.24. The number of rotatable bonds is 3. The molecule has 0 aliphatic rings. The Morgan fingerprint density at radius 1 is 1.22 bits per heavy atom. The minimum absolute atomic E-state index is 0.0289. The summed E-state index contributed by atoms with van der Waals surface area (Å²) < 4.78 is 5.66. The summed E-state index contributed by atoms with van der Waals surface area (Å²) >= 11 is 5.99. The first-order chi connectivity index (χ1) is 8.58. The normalized spacial score (nSPS) is 12.1. The second-order valence-corrected chi connectivity index (χ2v) is 4.04. The number of para-hydroxylation sites is 1. The van der Waals surface area contributed by atoms with Crippen LogP contribution in [0.2, 0.25) is 5.02 Å². The van der Waals surface area contributed by atoms with Crippen molar-refractivity contribution in [2.75, 3.05) is 11.5 Å². The van der Waals surface area contributed by atoms with Crippen LogP contribution >= 0.6 is 11.6 Å². The second kappa shape index (κ2) is 5.05. The van der Waals surface area contributed by atoms with Crippen molar-refractivity contribution in [2.24, 2.45) is 0 Å². The van der Waals surface area contributed by atoms with E-state index in [0.717, 1.165) is 0 Å². The lowest BCUT2D eigenvalue weighted by atomic mass is 10.2. The molecule has 2 aromatic rings. The summed E-state index contributed by atoms with van der Waals surface area (Å²) in [5.41, 5.74) is 11.5. The molecular weight excluding hydrogens is 254 g/mol. The van der Waals surface area contributed by atoms with Gasteiger partial charge in [0.25, 0.3) is 0 Å². The maximum Gasteiger partial charge on any atom is 0.242 e. The van der Waals surface area contributed by atoms with E-state index in [1.165, 1.54) is 0 Å². The van der Waals surface area contributed by atoms with Gasteiger partial charge in [-0.15, -0.1) is 10.2 Å². The minimum atomic E-state index is -0.425. The predicted octanol–water partition coefficient (Wildman–Crippen LogP) is 1.83. The molecule has 1 heterocycles. The molecule has 0 fully saturated rings. The number of hydrogen-bond donors (Lipinski definition) is 2. The Labute approximate surface area is 109 Å². The molecule has 0 saturated carbocycles. The average Bonchev–Trinajstić information content (AvgIpc) is 2.32. The van der Waals surface area contributed by atoms with Crippen LogP contribution in [-0.4, -0.2) is 15.2 Å². The quantitative estimate of drug-likeness (QED) is 0.878. The molecule has 1 atom stereocenters. The molecule has 0 saturated heterocycles. The van der Waals surface area contributed by atoms with Crippen molar-refractivity contribution in [2.45, 2.75) is 13.0 Å². The first kappa shape index (κ1) is 12.4. The molecule has 18 heavy (non-hydrogen) atoms. The molecule has 2 rings (SSSR count). The lowest BCUT2D eigenvalue weighted by molar-refractivity contribution is 0.221. The average molecular weight is 266 g/mol. The van der Waals surface area contributed by atoms with Crippen molar-refractivity contribution in [3.63, 3.8) is 0 Å². The standard InChI is InChI=1S/C11H12ClN5O/c1-6(9-10(13)15-11(14)17-16-9)18-8-5-3-2-4-7(8)12/h2-6H,1H3,(H4,13,14,15,17). The number of anilines is 2. The lowest BCUT2D eigenvalue weighted by Crippen LogP contribution is -2.13. The summed E-state index contributed by atoms with van der Waals surface area (Å²) in [6.07, 6.45) is -0.425. The highest BCUT2D eigenvalue weighted by molar-refractivity contribution is 6.32. The van der Waals surface area contributed by atoms with Crippen LogP contribution in [0.5, 0.6) is 5.75 Å². The van der Waals surface area contributed by atoms with Crippen LogP contribution in [0.25, 0.3) is 0 Å². The largest absolute Gasteiger partial charge is 0.483 e. The zero-order valence-electron chi connectivity index (χ0n) is 9.67. The predicted molar refractivity (Wildman–Crippen MR) is 69.1 cm³/mol. The highest BCUT2D eigenvalue weighted by Gasteiger charge is 2.16. The van der Waals surface area contributed by atoms with Gasteiger partial charge in [-0.05, 0) is 19.1 Å². The third-order valence-corrected chi connectivity index (χ3v) is 2.60. The van der Waals surface area contributed by atoms with Crippen LogP contribution in [0.4, 0.5) is 11.8 Å². The van der Waals surface area contributed by atoms with Crippen LogP contribution in [0.3, 0.4) is 0 Å². The van der Waals surface area contributed by atoms with E-state index < -0.39 is 6.10 Å². The number of nitrogen functional groups attached to an aromatic ring is 2. The summed E-state index contributed by atoms with van der Waals surface area (Å²) in [5, 5.41) is 8.03. The Hall–Kier alpha value is -2.08. The van der Waals surface area contributed by atoms with Crippen LogP contribution < -0.4 is 16.2 Å². The number of hydrogen-bond acceptors (Lipinski definition) is 6. The highest BCUT2D eigenvalue weighted by atomic mass is 35.5. The second-order valence-electron chi connectivity index (χ2n) is 3.63. The fourth-order valence-corrected chi connectivity index (χ4v) is 1.62. The van der Waals surface area contributed by atoms with Gasteiger partial charge in [0.05, 0.1) is 5.02 Å². The Morgan fingerprint density at radius 3 is 2.61 bits per heavy atom. The van der Waals surface area contributed by atoms with Gasteiger partial charge >= 0.3 is 0 Å². The Balaban J connectivity index is 2.22. The smallest absolute Gasteiger partial charge is 0.242 e. The van der Waals surface area contributed by atoms with E-state index in [0.29, 0.717) is 16.5 Å². The molecule has 7 heteroatoms. The fraction of sp³-hybridized carbons (Fsp3) is 0.182. The van der Waals surface area contributed by atoms with Crippen molar-refractivity contribution in [1.29, 1.82) is 0 Å². The monoisotopic (exact) mass is 265 g/mol. The van der Waals surface area contributed by atoms with E-state index in [1.54, 1.807) is 19.1 Å². The molecule has 0 radical (unpaired) electrons. The minimum Gasteiger partial charge on any atom is -0.483 e. The molecule has 1 unspecified atom stereocenters. The molecule has 4 N–H and O–H groups in total. The van der Waals surface area contributed by atoms with Crippen LogP contribution in [0.1, 0.15) is 18.7 Å². The van der Waals surface area contributed by atoms with Crippen molar-refractivity contribution < 1.29 is 4.74 Å². The van der Waals surface area contributed by atoms with Crippen molar-refractivity contribution >= 4 is 23.4 Å². The highest BCUT2D eigenvalue weighted by Crippen LogP contribution is 2.28. The Morgan fingerprint density at radius 2 is 1.94 bits per heavy atom. The maximum atomic E-state index is 5.99. The SMILES string of the molecule is CC(Oc1ccccc1Cl)c1nnc(N)nc1N. The van der Waals surface area contributed by atoms with E-state index in [4.69, 9.17) is 27.8 Å². The van der Waals surface area contributed by atoms with Gasteiger partial charge < -0.3 is 16.2 Å². The maximum absolute atomic E-state index is 5.99. The molecule has 0 amide bonds. The first-order valence-corrected chi connectivity index (χ1v) is 5.62. The van der Waals surface area contributed by atoms with Gasteiger partial charge in [-0.1, -0.05) is 23.7 Å². The van der Waals surface area contributed by atoms with E-state index in [9.17, 15) is 0 Å². The van der Waals surface area contributed by atoms with Gasteiger partial charge in [-0.25, -0.2) is 0 Å². The number of nitrogens with two attached hydrogens (primary N) is 2. The number of ether oxygens (including phenoxy) is 1. The van der Waals surface area contributed by atoms with Crippen molar-refractivity contribution in [1.82, 2.24) is 15.2 Å². The third-order valence-electron chi connectivity index (χ3n) is 2.28. The van der Waals surface area contributed by atoms with E-state index in [1.807, 2.05) is 12.1 Å². The Bertz CT molecular complexity index is 563. The Kier molecular flexibility index (Phi) is 3.47. The molecule has 94 valence electrons. The summed E-state index contributed by atoms with van der Waals surface area (Å²) in [4.78, 5) is 3.83. The molecule has 0 spiro atoms. The van der Waals surface area contributed by atoms with E-state index in [-0.39, 0.29) is 11.8 Å². The van der Waals surface area contributed by atoms with Gasteiger partial charge in [-0.3, -0.25) is 0 Å². The van der Waals surface area contributed by atoms with Gasteiger partial charge in [0.2, 0.25) is 5.95 Å². The van der Waals surface area contributed by atoms with E-state index >= 15 is 0 Å². The third kappa shape index (κ3) is 2.60. The molecule has 0 aliphatic carbocycles. The summed E-state index contributed by atoms with van der Waals surface area (Å²) in [6, 6.07) is 7.13. The van der Waals surface area contributed by atoms with Crippen LogP contribution in [-0.2, 0) is 0 Å². The van der Waals surface area contributed by atoms with Crippen molar-refractivity contribution in [3.8, 4) is 5.75 Å². The van der Waals surface area contributed by atoms with Gasteiger partial charge in [-0.2, -0.15) is 4.98 Å². The molecule has 0 aliphatic heterocycles. The number of nitrogens with zero attached hydrogens (tertiary/aromatic N) is 3. The van der Waals surface area contributed by atoms with Crippen LogP contribution in [0.15, 0.2) is 24.3 Å². The molecular formula is C11H12ClN5O. The number of benzene rings is 1. The van der Waals surface area contributed by atoms with E-state index in [2.05, 4.69) is 15.2 Å². The number of halogens is 1. The van der Waals surface area contributed by atoms with Crippen LogP contribution in [0, 0.1) is 0 Å². The topological polar surface area (TPSA) is 99.9 Å². The fourth-order valence-electron chi connectivity index (χ4n) is 1.44. The lowest BCUT2D eigenvalue weighted by Gasteiger charge is -2.15. The molecule has 1 aromatic heterocycles. The van der Waals surface area contributed by atoms with Gasteiger partial charge in [0, 0.05) is 0 Å². The summed E-state index contributed by atoms with van der Waals surface area (Å²) in [5.74, 6) is 0.771. The summed E-state index contributed by atoms with van der Waals surface area (Å²) in [6.45, 7) is 1.78. The molecule has 1 aromatic carbocycles. The molecule has 6 nitrogen and oxygen atoms in total. The number of aromatic nitrogens is 3. The van der Waals surface area contributed by atoms with Gasteiger partial charge in [0.1, 0.15) is 17.5 Å².